The molecule has 19 heavy (non-hydrogen) atoms. The van der Waals surface area contributed by atoms with Crippen molar-refractivity contribution in [3.8, 4) is 18.1 Å². The van der Waals surface area contributed by atoms with E-state index in [1.165, 1.54) is 0 Å². The Hall–Kier alpha value is -1.54. The molecule has 1 aromatic rings. The fourth-order valence-corrected chi connectivity index (χ4v) is 1.68. The Morgan fingerprint density at radius 3 is 2.95 bits per heavy atom. The highest BCUT2D eigenvalue weighted by molar-refractivity contribution is 5.33. The van der Waals surface area contributed by atoms with Gasteiger partial charge in [-0.3, -0.25) is 0 Å². The van der Waals surface area contributed by atoms with E-state index in [-0.39, 0.29) is 6.61 Å². The summed E-state index contributed by atoms with van der Waals surface area (Å²) < 4.78 is 10.3. The third-order valence-electron chi connectivity index (χ3n) is 2.61. The summed E-state index contributed by atoms with van der Waals surface area (Å²) in [6, 6.07) is 7.76. The summed E-state index contributed by atoms with van der Waals surface area (Å²) in [5.74, 6) is 3.25. The van der Waals surface area contributed by atoms with Gasteiger partial charge in [-0.1, -0.05) is 24.1 Å². The van der Waals surface area contributed by atoms with Crippen LogP contribution < -0.4 is 10.1 Å². The number of ether oxygens (including phenoxy) is 2. The zero-order chi connectivity index (χ0) is 13.9. The molecule has 1 atom stereocenters. The molecule has 0 aliphatic carbocycles. The first kappa shape index (κ1) is 15.5. The minimum absolute atomic E-state index is 0.267. The lowest BCUT2D eigenvalue weighted by atomic mass is 10.2. The molecule has 0 aromatic heterocycles. The van der Waals surface area contributed by atoms with Gasteiger partial charge in [0.15, 0.2) is 0 Å². The summed E-state index contributed by atoms with van der Waals surface area (Å²) in [5.41, 5.74) is 1.05. The summed E-state index contributed by atoms with van der Waals surface area (Å²) in [6.07, 6.45) is 5.41. The standard InChI is InChI=1S/C15H21NO3/c1-3-10-19-15-7-5-4-6-13(15)11-16-9-8-14(17)12-18-2/h1,4-7,14,16-17H,8-12H2,2H3. The SMILES string of the molecule is C#CCOc1ccccc1CNCCC(O)COC. The van der Waals surface area contributed by atoms with Gasteiger partial charge in [0, 0.05) is 19.2 Å². The Labute approximate surface area is 114 Å². The van der Waals surface area contributed by atoms with Gasteiger partial charge in [0.25, 0.3) is 0 Å². The van der Waals surface area contributed by atoms with E-state index in [9.17, 15) is 5.11 Å². The molecule has 0 radical (unpaired) electrons. The fraction of sp³-hybridized carbons (Fsp3) is 0.467. The van der Waals surface area contributed by atoms with Crippen molar-refractivity contribution in [2.24, 2.45) is 0 Å². The minimum Gasteiger partial charge on any atom is -0.481 e. The Morgan fingerprint density at radius 2 is 2.21 bits per heavy atom. The second-order valence-corrected chi connectivity index (χ2v) is 4.18. The van der Waals surface area contributed by atoms with Gasteiger partial charge in [0.2, 0.25) is 0 Å². The zero-order valence-corrected chi connectivity index (χ0v) is 11.3. The lowest BCUT2D eigenvalue weighted by Crippen LogP contribution is -2.23. The van der Waals surface area contributed by atoms with Gasteiger partial charge in [0.1, 0.15) is 12.4 Å². The number of terminal acetylenes is 1. The monoisotopic (exact) mass is 263 g/mol. The van der Waals surface area contributed by atoms with E-state index < -0.39 is 6.10 Å². The lowest BCUT2D eigenvalue weighted by Gasteiger charge is -2.12. The molecular formula is C15H21NO3. The Morgan fingerprint density at radius 1 is 1.42 bits per heavy atom. The lowest BCUT2D eigenvalue weighted by molar-refractivity contribution is 0.0594. The van der Waals surface area contributed by atoms with E-state index in [1.54, 1.807) is 7.11 Å². The normalized spacial score (nSPS) is 11.8. The summed E-state index contributed by atoms with van der Waals surface area (Å²) in [7, 11) is 1.58. The summed E-state index contributed by atoms with van der Waals surface area (Å²) in [5, 5.41) is 12.8. The van der Waals surface area contributed by atoms with Crippen LogP contribution in [0.25, 0.3) is 0 Å². The quantitative estimate of drug-likeness (QED) is 0.519. The fourth-order valence-electron chi connectivity index (χ4n) is 1.68. The van der Waals surface area contributed by atoms with E-state index in [1.807, 2.05) is 24.3 Å². The average Bonchev–Trinajstić information content (AvgIpc) is 2.42. The molecule has 0 aliphatic heterocycles. The number of para-hydroxylation sites is 1. The number of benzene rings is 1. The van der Waals surface area contributed by atoms with Crippen LogP contribution in [-0.4, -0.2) is 38.1 Å². The van der Waals surface area contributed by atoms with Crippen molar-refractivity contribution in [2.75, 3.05) is 26.9 Å². The number of aliphatic hydroxyl groups excluding tert-OH is 1. The summed E-state index contributed by atoms with van der Waals surface area (Å²) in [4.78, 5) is 0. The summed E-state index contributed by atoms with van der Waals surface area (Å²) in [6.45, 7) is 2.03. The largest absolute Gasteiger partial charge is 0.481 e. The van der Waals surface area contributed by atoms with E-state index in [0.717, 1.165) is 11.3 Å². The highest BCUT2D eigenvalue weighted by atomic mass is 16.5. The van der Waals surface area contributed by atoms with Gasteiger partial charge in [-0.25, -0.2) is 0 Å². The van der Waals surface area contributed by atoms with Crippen molar-refractivity contribution in [1.29, 1.82) is 0 Å². The Bertz CT molecular complexity index is 401. The molecule has 4 heteroatoms. The van der Waals surface area contributed by atoms with E-state index in [4.69, 9.17) is 15.9 Å². The van der Waals surface area contributed by atoms with Gasteiger partial charge in [-0.2, -0.15) is 0 Å². The van der Waals surface area contributed by atoms with Gasteiger partial charge >= 0.3 is 0 Å². The van der Waals surface area contributed by atoms with Crippen LogP contribution in [-0.2, 0) is 11.3 Å². The predicted molar refractivity (Wildman–Crippen MR) is 75.0 cm³/mol. The zero-order valence-electron chi connectivity index (χ0n) is 11.3. The molecule has 1 rings (SSSR count). The van der Waals surface area contributed by atoms with Crippen molar-refractivity contribution < 1.29 is 14.6 Å². The maximum atomic E-state index is 9.51. The van der Waals surface area contributed by atoms with Gasteiger partial charge in [0.05, 0.1) is 12.7 Å². The van der Waals surface area contributed by atoms with E-state index in [2.05, 4.69) is 11.2 Å². The molecule has 1 aromatic carbocycles. The first-order valence-electron chi connectivity index (χ1n) is 6.29. The van der Waals surface area contributed by atoms with Crippen LogP contribution in [0.4, 0.5) is 0 Å². The van der Waals surface area contributed by atoms with Crippen LogP contribution in [0.3, 0.4) is 0 Å². The molecule has 0 bridgehead atoms. The molecule has 0 saturated carbocycles. The first-order valence-corrected chi connectivity index (χ1v) is 6.29. The van der Waals surface area contributed by atoms with Crippen molar-refractivity contribution in [3.63, 3.8) is 0 Å². The Kier molecular flexibility index (Phi) is 7.68. The molecular weight excluding hydrogens is 242 g/mol. The molecule has 0 amide bonds. The molecule has 0 heterocycles. The molecule has 0 fully saturated rings. The van der Waals surface area contributed by atoms with Crippen LogP contribution in [0, 0.1) is 12.3 Å². The Balaban J connectivity index is 2.34. The topological polar surface area (TPSA) is 50.7 Å². The highest BCUT2D eigenvalue weighted by Gasteiger charge is 2.04. The van der Waals surface area contributed by atoms with E-state index >= 15 is 0 Å². The molecule has 0 spiro atoms. The number of aliphatic hydroxyl groups is 1. The molecule has 0 aliphatic rings. The minimum atomic E-state index is -0.426. The molecule has 4 nitrogen and oxygen atoms in total. The van der Waals surface area contributed by atoms with Gasteiger partial charge < -0.3 is 19.9 Å². The first-order chi connectivity index (χ1) is 9.27. The van der Waals surface area contributed by atoms with E-state index in [0.29, 0.717) is 26.1 Å². The van der Waals surface area contributed by atoms with Crippen molar-refractivity contribution in [1.82, 2.24) is 5.32 Å². The van der Waals surface area contributed by atoms with Crippen LogP contribution in [0.2, 0.25) is 0 Å². The maximum Gasteiger partial charge on any atom is 0.148 e. The van der Waals surface area contributed by atoms with Crippen molar-refractivity contribution in [2.45, 2.75) is 19.1 Å². The molecule has 2 N–H and O–H groups in total. The molecule has 1 unspecified atom stereocenters. The van der Waals surface area contributed by atoms with Crippen LogP contribution in [0.5, 0.6) is 5.75 Å². The number of methoxy groups -OCH3 is 1. The molecule has 0 saturated heterocycles. The van der Waals surface area contributed by atoms with Crippen LogP contribution in [0.1, 0.15) is 12.0 Å². The van der Waals surface area contributed by atoms with Crippen molar-refractivity contribution in [3.05, 3.63) is 29.8 Å². The smallest absolute Gasteiger partial charge is 0.148 e. The summed E-state index contributed by atoms with van der Waals surface area (Å²) >= 11 is 0. The van der Waals surface area contributed by atoms with Crippen LogP contribution >= 0.6 is 0 Å². The maximum absolute atomic E-state index is 9.51. The number of nitrogens with one attached hydrogen (secondary N) is 1. The number of hydrogen-bond donors (Lipinski definition) is 2. The third-order valence-corrected chi connectivity index (χ3v) is 2.61. The third kappa shape index (κ3) is 6.25. The second kappa shape index (κ2) is 9.40. The highest BCUT2D eigenvalue weighted by Crippen LogP contribution is 2.17. The van der Waals surface area contributed by atoms with Crippen molar-refractivity contribution >= 4 is 0 Å². The number of hydrogen-bond acceptors (Lipinski definition) is 4. The number of rotatable bonds is 9. The van der Waals surface area contributed by atoms with Crippen LogP contribution in [0.15, 0.2) is 24.3 Å². The molecule has 104 valence electrons. The van der Waals surface area contributed by atoms with Gasteiger partial charge in [-0.05, 0) is 19.0 Å². The predicted octanol–water partition coefficient (Wildman–Crippen LogP) is 1.19. The second-order valence-electron chi connectivity index (χ2n) is 4.18. The van der Waals surface area contributed by atoms with Gasteiger partial charge in [-0.15, -0.1) is 6.42 Å². The average molecular weight is 263 g/mol.